The Labute approximate surface area is 173 Å². The van der Waals surface area contributed by atoms with Gasteiger partial charge in [0, 0.05) is 11.1 Å². The molecule has 0 radical (unpaired) electrons. The van der Waals surface area contributed by atoms with Crippen molar-refractivity contribution in [1.29, 1.82) is 0 Å². The Morgan fingerprint density at radius 2 is 2.25 bits per heavy atom. The van der Waals surface area contributed by atoms with Crippen molar-refractivity contribution in [2.45, 2.75) is 24.8 Å². The molecule has 2 aliphatic rings. The minimum Gasteiger partial charge on any atom is -0.543 e. The quantitative estimate of drug-likeness (QED) is 0.421. The number of aryl methyl sites for hydroxylation is 1. The van der Waals surface area contributed by atoms with E-state index < -0.39 is 23.3 Å². The first-order chi connectivity index (χ1) is 10.9. The van der Waals surface area contributed by atoms with E-state index in [-0.39, 0.29) is 58.4 Å². The summed E-state index contributed by atoms with van der Waals surface area (Å²) in [6, 6.07) is -0.758. The molecule has 0 bridgehead atoms. The summed E-state index contributed by atoms with van der Waals surface area (Å²) in [5, 5.41) is 16.0. The molecule has 11 heteroatoms. The zero-order valence-corrected chi connectivity index (χ0v) is 17.3. The number of thiazole rings is 1. The third kappa shape index (κ3) is 3.66. The maximum Gasteiger partial charge on any atom is 1.00 e. The zero-order chi connectivity index (χ0) is 16.7. The molecule has 0 saturated carbocycles. The summed E-state index contributed by atoms with van der Waals surface area (Å²) in [5.41, 5.74) is 0.337. The number of carbonyl (C=O) groups is 3. The maximum absolute atomic E-state index is 12.1. The Morgan fingerprint density at radius 3 is 2.83 bits per heavy atom. The van der Waals surface area contributed by atoms with Crippen LogP contribution < -0.4 is 40.0 Å². The summed E-state index contributed by atoms with van der Waals surface area (Å²) in [6.45, 7) is 1.84. The molecule has 7 nitrogen and oxygen atoms in total. The van der Waals surface area contributed by atoms with Gasteiger partial charge in [0.05, 0.1) is 33.8 Å². The number of amides is 2. The molecule has 24 heavy (non-hydrogen) atoms. The summed E-state index contributed by atoms with van der Waals surface area (Å²) in [5.74, 6) is -2.06. The van der Waals surface area contributed by atoms with Crippen LogP contribution in [0.3, 0.4) is 0 Å². The standard InChI is InChI=1S/C13H12ClN3O4S2.Na/c1-5-15-6(3-22-5)2-8(18)16-9-11(19)17-10(13(20)21)7(14)4-23-12(9)17;/h3,9,12H,2,4H2,1H3,(H,16,18)(H,20,21);/q;+1/p-1/t9-,12-;/m1./s1. The van der Waals surface area contributed by atoms with Gasteiger partial charge < -0.3 is 15.2 Å². The molecular weight excluding hydrogens is 385 g/mol. The van der Waals surface area contributed by atoms with E-state index in [1.54, 1.807) is 5.38 Å². The second-order valence-electron chi connectivity index (χ2n) is 5.03. The number of aromatic nitrogens is 1. The maximum atomic E-state index is 12.1. The van der Waals surface area contributed by atoms with Crippen molar-refractivity contribution < 1.29 is 49.0 Å². The number of hydrogen-bond donors (Lipinski definition) is 1. The van der Waals surface area contributed by atoms with Gasteiger partial charge in [-0.25, -0.2) is 4.98 Å². The number of carboxylic acid groups (broad SMARTS) is 1. The summed E-state index contributed by atoms with van der Waals surface area (Å²) in [4.78, 5) is 40.6. The first-order valence-electron chi connectivity index (χ1n) is 6.63. The predicted octanol–water partition coefficient (Wildman–Crippen LogP) is -3.40. The van der Waals surface area contributed by atoms with Crippen molar-refractivity contribution in [3.8, 4) is 0 Å². The number of aliphatic carboxylic acids is 1. The van der Waals surface area contributed by atoms with Gasteiger partial charge in [0.2, 0.25) is 5.91 Å². The Morgan fingerprint density at radius 1 is 1.54 bits per heavy atom. The van der Waals surface area contributed by atoms with E-state index in [2.05, 4.69) is 10.3 Å². The molecule has 0 unspecified atom stereocenters. The number of β-lactam (4-membered cyclic amide) rings is 1. The summed E-state index contributed by atoms with van der Waals surface area (Å²) in [6.07, 6.45) is 0.0788. The van der Waals surface area contributed by atoms with Crippen molar-refractivity contribution in [1.82, 2.24) is 15.2 Å². The molecular formula is C13H11ClN3NaO4S2. The van der Waals surface area contributed by atoms with Gasteiger partial charge in [-0.1, -0.05) is 11.6 Å². The van der Waals surface area contributed by atoms with Crippen molar-refractivity contribution in [2.75, 3.05) is 5.75 Å². The zero-order valence-electron chi connectivity index (χ0n) is 12.9. The molecule has 2 amide bonds. The topological polar surface area (TPSA) is 102 Å². The fourth-order valence-corrected chi connectivity index (χ4v) is 4.61. The fraction of sp³-hybridized carbons (Fsp3) is 0.385. The van der Waals surface area contributed by atoms with Gasteiger partial charge in [-0.3, -0.25) is 14.5 Å². The number of thioether (sulfide) groups is 1. The molecule has 0 aliphatic carbocycles. The number of nitrogens with zero attached hydrogens (tertiary/aromatic N) is 2. The summed E-state index contributed by atoms with van der Waals surface area (Å²) < 4.78 is 0. The molecule has 3 heterocycles. The molecule has 2 aliphatic heterocycles. The smallest absolute Gasteiger partial charge is 0.543 e. The molecule has 3 rings (SSSR count). The first-order valence-corrected chi connectivity index (χ1v) is 8.94. The molecule has 1 saturated heterocycles. The molecule has 1 fully saturated rings. The first kappa shape index (κ1) is 19.7. The molecule has 0 aromatic carbocycles. The van der Waals surface area contributed by atoms with Crippen molar-refractivity contribution >= 4 is 52.5 Å². The predicted molar refractivity (Wildman–Crippen MR) is 83.5 cm³/mol. The van der Waals surface area contributed by atoms with Gasteiger partial charge in [0.1, 0.15) is 11.4 Å². The Bertz CT molecular complexity index is 739. The van der Waals surface area contributed by atoms with Crippen LogP contribution in [-0.4, -0.2) is 44.8 Å². The minimum atomic E-state index is -1.49. The van der Waals surface area contributed by atoms with Gasteiger partial charge in [-0.05, 0) is 6.92 Å². The van der Waals surface area contributed by atoms with Crippen LogP contribution in [0.15, 0.2) is 16.1 Å². The van der Waals surface area contributed by atoms with Crippen LogP contribution in [0.1, 0.15) is 10.7 Å². The van der Waals surface area contributed by atoms with Gasteiger partial charge in [0.15, 0.2) is 0 Å². The van der Waals surface area contributed by atoms with E-state index in [0.29, 0.717) is 5.69 Å². The average Bonchev–Trinajstić information content (AvgIpc) is 2.89. The van der Waals surface area contributed by atoms with Gasteiger partial charge >= 0.3 is 29.6 Å². The molecule has 1 N–H and O–H groups in total. The van der Waals surface area contributed by atoms with E-state index >= 15 is 0 Å². The van der Waals surface area contributed by atoms with Crippen LogP contribution >= 0.6 is 34.7 Å². The largest absolute Gasteiger partial charge is 1.00 e. The van der Waals surface area contributed by atoms with E-state index in [0.717, 1.165) is 9.91 Å². The number of nitrogens with one attached hydrogen (secondary N) is 1. The number of rotatable bonds is 4. The van der Waals surface area contributed by atoms with Crippen molar-refractivity contribution in [2.24, 2.45) is 0 Å². The number of fused-ring (bicyclic) bond motifs is 1. The molecule has 1 aromatic rings. The average molecular weight is 396 g/mol. The van der Waals surface area contributed by atoms with Gasteiger partial charge in [-0.15, -0.1) is 23.1 Å². The summed E-state index contributed by atoms with van der Waals surface area (Å²) >= 11 is 8.60. The molecule has 2 atom stereocenters. The summed E-state index contributed by atoms with van der Waals surface area (Å²) in [7, 11) is 0. The monoisotopic (exact) mass is 395 g/mol. The normalized spacial score (nSPS) is 22.4. The van der Waals surface area contributed by atoms with E-state index in [4.69, 9.17) is 11.6 Å². The van der Waals surface area contributed by atoms with Crippen LogP contribution in [0.5, 0.6) is 0 Å². The Balaban J connectivity index is 0.00000208. The van der Waals surface area contributed by atoms with Crippen LogP contribution in [-0.2, 0) is 20.8 Å². The number of hydrogen-bond acceptors (Lipinski definition) is 7. The van der Waals surface area contributed by atoms with Crippen molar-refractivity contribution in [3.63, 3.8) is 0 Å². The molecule has 0 spiro atoms. The number of carboxylic acids is 1. The van der Waals surface area contributed by atoms with E-state index in [9.17, 15) is 19.5 Å². The molecule has 122 valence electrons. The fourth-order valence-electron chi connectivity index (χ4n) is 2.45. The van der Waals surface area contributed by atoms with E-state index in [1.165, 1.54) is 23.1 Å². The number of halogens is 1. The van der Waals surface area contributed by atoms with Gasteiger partial charge in [-0.2, -0.15) is 0 Å². The van der Waals surface area contributed by atoms with Crippen molar-refractivity contribution in [3.05, 3.63) is 26.8 Å². The van der Waals surface area contributed by atoms with Crippen LogP contribution in [0.4, 0.5) is 0 Å². The third-order valence-corrected chi connectivity index (χ3v) is 6.01. The second kappa shape index (κ2) is 7.76. The van der Waals surface area contributed by atoms with E-state index in [1.807, 2.05) is 6.92 Å². The SMILES string of the molecule is Cc1nc(CC(=O)N[C@@H]2C(=O)N3C(C(=O)[O-])=C(Cl)CS[C@H]23)cs1.[Na+]. The second-order valence-corrected chi connectivity index (χ2v) is 7.65. The Kier molecular flexibility index (Phi) is 6.38. The van der Waals surface area contributed by atoms with Crippen LogP contribution in [0.25, 0.3) is 0 Å². The Hall–Kier alpha value is -0.580. The van der Waals surface area contributed by atoms with Crippen LogP contribution in [0.2, 0.25) is 0 Å². The minimum absolute atomic E-state index is 0. The number of carbonyl (C=O) groups excluding carboxylic acids is 3. The molecule has 1 aromatic heterocycles. The van der Waals surface area contributed by atoms with Gasteiger partial charge in [0.25, 0.3) is 5.91 Å². The van der Waals surface area contributed by atoms with Crippen LogP contribution in [0, 0.1) is 6.92 Å². The third-order valence-electron chi connectivity index (χ3n) is 3.44.